The average molecular weight is 348 g/mol. The molecule has 2 amide bonds. The molecule has 2 aliphatic rings. The summed E-state index contributed by atoms with van der Waals surface area (Å²) in [6.07, 6.45) is 7.26. The van der Waals surface area contributed by atoms with Gasteiger partial charge in [0.1, 0.15) is 6.04 Å². The van der Waals surface area contributed by atoms with Crippen molar-refractivity contribution >= 4 is 24.2 Å². The first-order valence-electron chi connectivity index (χ1n) is 8.45. The molecule has 0 bridgehead atoms. The van der Waals surface area contributed by atoms with Gasteiger partial charge in [-0.15, -0.1) is 12.4 Å². The van der Waals surface area contributed by atoms with Gasteiger partial charge in [-0.2, -0.15) is 0 Å². The third kappa shape index (κ3) is 5.94. The largest absolute Gasteiger partial charge is 0.383 e. The van der Waals surface area contributed by atoms with Crippen molar-refractivity contribution in [2.45, 2.75) is 57.0 Å². The van der Waals surface area contributed by atoms with E-state index < -0.39 is 6.04 Å². The molecule has 134 valence electrons. The third-order valence-corrected chi connectivity index (χ3v) is 4.79. The summed E-state index contributed by atoms with van der Waals surface area (Å²) in [6.45, 7) is 1.56. The van der Waals surface area contributed by atoms with Crippen molar-refractivity contribution < 1.29 is 14.3 Å². The average Bonchev–Trinajstić information content (AvgIpc) is 2.56. The Morgan fingerprint density at radius 1 is 1.17 bits per heavy atom. The van der Waals surface area contributed by atoms with Crippen molar-refractivity contribution in [2.24, 2.45) is 11.7 Å². The molecule has 1 aliphatic carbocycles. The molecular weight excluding hydrogens is 318 g/mol. The van der Waals surface area contributed by atoms with Crippen LogP contribution in [0.2, 0.25) is 0 Å². The maximum atomic E-state index is 12.2. The Bertz CT molecular complexity index is 381. The monoisotopic (exact) mass is 347 g/mol. The third-order valence-electron chi connectivity index (χ3n) is 4.79. The molecule has 1 unspecified atom stereocenters. The number of carbonyl (C=O) groups excluding carboxylic acids is 2. The molecule has 2 fully saturated rings. The van der Waals surface area contributed by atoms with Crippen molar-refractivity contribution in [1.29, 1.82) is 0 Å². The van der Waals surface area contributed by atoms with Gasteiger partial charge in [0, 0.05) is 32.2 Å². The summed E-state index contributed by atoms with van der Waals surface area (Å²) >= 11 is 0. The van der Waals surface area contributed by atoms with Crippen LogP contribution < -0.4 is 11.1 Å². The maximum Gasteiger partial charge on any atom is 0.241 e. The molecule has 1 aliphatic heterocycles. The highest BCUT2D eigenvalue weighted by Gasteiger charge is 2.28. The molecule has 6 nitrogen and oxygen atoms in total. The predicted octanol–water partition coefficient (Wildman–Crippen LogP) is 1.07. The number of piperidine rings is 1. The van der Waals surface area contributed by atoms with Crippen molar-refractivity contribution in [1.82, 2.24) is 10.2 Å². The molecule has 1 saturated carbocycles. The number of nitrogens with zero attached hydrogens (tertiary/aromatic N) is 1. The van der Waals surface area contributed by atoms with Gasteiger partial charge >= 0.3 is 0 Å². The number of rotatable bonds is 5. The number of likely N-dealkylation sites (tertiary alicyclic amines) is 1. The van der Waals surface area contributed by atoms with E-state index in [-0.39, 0.29) is 42.8 Å². The first kappa shape index (κ1) is 20.2. The minimum atomic E-state index is -0.585. The molecule has 7 heteroatoms. The molecule has 0 radical (unpaired) electrons. The Balaban J connectivity index is 0.00000264. The number of amides is 2. The minimum Gasteiger partial charge on any atom is -0.383 e. The van der Waals surface area contributed by atoms with E-state index in [1.54, 1.807) is 12.0 Å². The topological polar surface area (TPSA) is 84.7 Å². The van der Waals surface area contributed by atoms with E-state index in [0.717, 1.165) is 25.7 Å². The van der Waals surface area contributed by atoms with E-state index in [4.69, 9.17) is 10.5 Å². The molecule has 0 aromatic carbocycles. The van der Waals surface area contributed by atoms with Gasteiger partial charge in [0.2, 0.25) is 11.8 Å². The quantitative estimate of drug-likeness (QED) is 0.779. The van der Waals surface area contributed by atoms with E-state index >= 15 is 0 Å². The van der Waals surface area contributed by atoms with Gasteiger partial charge in [-0.3, -0.25) is 9.59 Å². The van der Waals surface area contributed by atoms with Crippen molar-refractivity contribution in [3.8, 4) is 0 Å². The lowest BCUT2D eigenvalue weighted by Gasteiger charge is -2.34. The van der Waals surface area contributed by atoms with E-state index in [0.29, 0.717) is 13.1 Å². The van der Waals surface area contributed by atoms with Crippen molar-refractivity contribution in [2.75, 3.05) is 26.8 Å². The summed E-state index contributed by atoms with van der Waals surface area (Å²) in [5, 5.41) is 3.17. The molecule has 0 spiro atoms. The lowest BCUT2D eigenvalue weighted by Crippen LogP contribution is -2.52. The fourth-order valence-electron chi connectivity index (χ4n) is 3.41. The van der Waals surface area contributed by atoms with Crippen LogP contribution in [0, 0.1) is 5.92 Å². The van der Waals surface area contributed by atoms with Gasteiger partial charge in [-0.05, 0) is 25.7 Å². The first-order valence-corrected chi connectivity index (χ1v) is 8.45. The Labute approximate surface area is 144 Å². The van der Waals surface area contributed by atoms with Crippen LogP contribution in [0.3, 0.4) is 0 Å². The molecular formula is C16H30ClN3O3. The van der Waals surface area contributed by atoms with Crippen LogP contribution in [0.25, 0.3) is 0 Å². The summed E-state index contributed by atoms with van der Waals surface area (Å²) < 4.78 is 4.93. The first-order chi connectivity index (χ1) is 10.6. The highest BCUT2D eigenvalue weighted by Crippen LogP contribution is 2.24. The van der Waals surface area contributed by atoms with Gasteiger partial charge in [-0.1, -0.05) is 19.3 Å². The normalized spacial score (nSPS) is 21.4. The zero-order valence-corrected chi connectivity index (χ0v) is 14.8. The van der Waals surface area contributed by atoms with Crippen LogP contribution in [-0.2, 0) is 14.3 Å². The predicted molar refractivity (Wildman–Crippen MR) is 91.4 cm³/mol. The summed E-state index contributed by atoms with van der Waals surface area (Å²) in [5.74, 6) is 0.350. The highest BCUT2D eigenvalue weighted by molar-refractivity contribution is 5.85. The number of hydrogen-bond acceptors (Lipinski definition) is 4. The second kappa shape index (κ2) is 10.1. The molecule has 0 aromatic rings. The summed E-state index contributed by atoms with van der Waals surface area (Å²) in [4.78, 5) is 26.1. The number of ether oxygens (including phenoxy) is 1. The number of methoxy groups -OCH3 is 1. The molecule has 23 heavy (non-hydrogen) atoms. The summed E-state index contributed by atoms with van der Waals surface area (Å²) in [5.41, 5.74) is 5.79. The number of hydrogen-bond donors (Lipinski definition) is 2. The van der Waals surface area contributed by atoms with Gasteiger partial charge in [0.25, 0.3) is 0 Å². The van der Waals surface area contributed by atoms with E-state index in [9.17, 15) is 9.59 Å². The SMILES string of the molecule is COCC(N)C(=O)N1CCC(NC(=O)C2CCCCC2)CC1.Cl. The lowest BCUT2D eigenvalue weighted by molar-refractivity contribution is -0.135. The molecule has 0 aromatic heterocycles. The molecule has 3 N–H and O–H groups in total. The second-order valence-corrected chi connectivity index (χ2v) is 6.50. The standard InChI is InChI=1S/C16H29N3O3.ClH/c1-22-11-14(17)16(21)19-9-7-13(8-10-19)18-15(20)12-5-3-2-4-6-12;/h12-14H,2-11,17H2,1H3,(H,18,20);1H. The molecule has 1 heterocycles. The van der Waals surface area contributed by atoms with E-state index in [2.05, 4.69) is 5.32 Å². The number of nitrogens with one attached hydrogen (secondary N) is 1. The highest BCUT2D eigenvalue weighted by atomic mass is 35.5. The van der Waals surface area contributed by atoms with Gasteiger partial charge in [0.05, 0.1) is 6.61 Å². The zero-order chi connectivity index (χ0) is 15.9. The Hall–Kier alpha value is -0.850. The smallest absolute Gasteiger partial charge is 0.241 e. The van der Waals surface area contributed by atoms with Crippen LogP contribution in [0.1, 0.15) is 44.9 Å². The summed E-state index contributed by atoms with van der Waals surface area (Å²) in [6, 6.07) is -0.393. The van der Waals surface area contributed by atoms with Crippen LogP contribution in [-0.4, -0.2) is 55.6 Å². The molecule has 1 saturated heterocycles. The van der Waals surface area contributed by atoms with Crippen LogP contribution in [0.15, 0.2) is 0 Å². The fourth-order valence-corrected chi connectivity index (χ4v) is 3.41. The lowest BCUT2D eigenvalue weighted by atomic mass is 9.88. The zero-order valence-electron chi connectivity index (χ0n) is 14.0. The Morgan fingerprint density at radius 2 is 1.78 bits per heavy atom. The van der Waals surface area contributed by atoms with E-state index in [1.807, 2.05) is 0 Å². The van der Waals surface area contributed by atoms with Crippen LogP contribution in [0.4, 0.5) is 0 Å². The minimum absolute atomic E-state index is 0. The van der Waals surface area contributed by atoms with E-state index in [1.165, 1.54) is 19.3 Å². The Morgan fingerprint density at radius 3 is 2.35 bits per heavy atom. The summed E-state index contributed by atoms with van der Waals surface area (Å²) in [7, 11) is 1.54. The number of halogens is 1. The molecule has 1 atom stereocenters. The molecule has 2 rings (SSSR count). The van der Waals surface area contributed by atoms with Gasteiger partial charge < -0.3 is 20.7 Å². The fraction of sp³-hybridized carbons (Fsp3) is 0.875. The second-order valence-electron chi connectivity index (χ2n) is 6.50. The van der Waals surface area contributed by atoms with Crippen LogP contribution in [0.5, 0.6) is 0 Å². The van der Waals surface area contributed by atoms with Crippen LogP contribution >= 0.6 is 12.4 Å². The Kier molecular flexibility index (Phi) is 8.87. The number of nitrogens with two attached hydrogens (primary N) is 1. The van der Waals surface area contributed by atoms with Gasteiger partial charge in [0.15, 0.2) is 0 Å². The van der Waals surface area contributed by atoms with Crippen molar-refractivity contribution in [3.05, 3.63) is 0 Å². The van der Waals surface area contributed by atoms with Gasteiger partial charge in [-0.25, -0.2) is 0 Å². The van der Waals surface area contributed by atoms with Crippen molar-refractivity contribution in [3.63, 3.8) is 0 Å². The maximum absolute atomic E-state index is 12.2. The number of carbonyl (C=O) groups is 2.